The largest absolute Gasteiger partial charge is 0.388 e. The molecule has 0 aliphatic carbocycles. The van der Waals surface area contributed by atoms with Crippen molar-refractivity contribution in [3.8, 4) is 0 Å². The summed E-state index contributed by atoms with van der Waals surface area (Å²) in [5.41, 5.74) is 0. The molecule has 72 valence electrons. The van der Waals surface area contributed by atoms with E-state index in [1.807, 2.05) is 0 Å². The molecular formula is C7H12N4O2. The maximum absolute atomic E-state index is 11.2. The van der Waals surface area contributed by atoms with Gasteiger partial charge in [0.1, 0.15) is 19.0 Å². The molecule has 13 heavy (non-hydrogen) atoms. The maximum atomic E-state index is 11.2. The van der Waals surface area contributed by atoms with Crippen molar-refractivity contribution in [3.05, 3.63) is 12.2 Å². The SMILES string of the molecule is CNC(=O)C(C)n1cnnc1CO. The van der Waals surface area contributed by atoms with E-state index in [4.69, 9.17) is 5.11 Å². The minimum atomic E-state index is -0.401. The highest BCUT2D eigenvalue weighted by Crippen LogP contribution is 2.07. The first-order valence-corrected chi connectivity index (χ1v) is 3.91. The molecule has 6 nitrogen and oxygen atoms in total. The predicted molar refractivity (Wildman–Crippen MR) is 44.7 cm³/mol. The summed E-state index contributed by atoms with van der Waals surface area (Å²) in [6, 6.07) is -0.401. The van der Waals surface area contributed by atoms with Gasteiger partial charge in [0.2, 0.25) is 5.91 Å². The highest BCUT2D eigenvalue weighted by molar-refractivity contribution is 5.79. The van der Waals surface area contributed by atoms with Gasteiger partial charge in [-0.05, 0) is 6.92 Å². The molecule has 1 amide bonds. The van der Waals surface area contributed by atoms with E-state index in [2.05, 4.69) is 15.5 Å². The summed E-state index contributed by atoms with van der Waals surface area (Å²) in [4.78, 5) is 11.2. The number of hydrogen-bond donors (Lipinski definition) is 2. The molecule has 0 aliphatic rings. The fraction of sp³-hybridized carbons (Fsp3) is 0.571. The summed E-state index contributed by atoms with van der Waals surface area (Å²) in [7, 11) is 1.56. The zero-order valence-corrected chi connectivity index (χ0v) is 7.56. The van der Waals surface area contributed by atoms with Crippen LogP contribution in [0.1, 0.15) is 18.8 Å². The summed E-state index contributed by atoms with van der Waals surface area (Å²) in [6.07, 6.45) is 1.42. The van der Waals surface area contributed by atoms with Crippen molar-refractivity contribution in [2.24, 2.45) is 0 Å². The normalized spacial score (nSPS) is 12.5. The second kappa shape index (κ2) is 3.99. The Labute approximate surface area is 75.6 Å². The molecule has 0 aromatic carbocycles. The molecule has 0 spiro atoms. The molecule has 0 saturated heterocycles. The number of rotatable bonds is 3. The standard InChI is InChI=1S/C7H12N4O2/c1-5(7(13)8-2)11-4-9-10-6(11)3-12/h4-5,12H,3H2,1-2H3,(H,8,13). The van der Waals surface area contributed by atoms with Gasteiger partial charge in [-0.1, -0.05) is 0 Å². The minimum absolute atomic E-state index is 0.144. The van der Waals surface area contributed by atoms with Gasteiger partial charge < -0.3 is 15.0 Å². The van der Waals surface area contributed by atoms with Gasteiger partial charge in [-0.25, -0.2) is 0 Å². The highest BCUT2D eigenvalue weighted by Gasteiger charge is 2.16. The van der Waals surface area contributed by atoms with Crippen LogP contribution >= 0.6 is 0 Å². The van der Waals surface area contributed by atoms with E-state index in [1.165, 1.54) is 10.9 Å². The first kappa shape index (κ1) is 9.66. The molecule has 0 saturated carbocycles. The van der Waals surface area contributed by atoms with Crippen LogP contribution in [-0.2, 0) is 11.4 Å². The van der Waals surface area contributed by atoms with Crippen molar-refractivity contribution in [3.63, 3.8) is 0 Å². The number of nitrogens with zero attached hydrogens (tertiary/aromatic N) is 3. The first-order chi connectivity index (χ1) is 6.20. The van der Waals surface area contributed by atoms with Crippen molar-refractivity contribution >= 4 is 5.91 Å². The number of amides is 1. The average Bonchev–Trinajstić information content (AvgIpc) is 2.62. The minimum Gasteiger partial charge on any atom is -0.388 e. The molecular weight excluding hydrogens is 172 g/mol. The van der Waals surface area contributed by atoms with E-state index in [0.717, 1.165) is 0 Å². The third kappa shape index (κ3) is 1.83. The van der Waals surface area contributed by atoms with Gasteiger partial charge in [-0.3, -0.25) is 4.79 Å². The second-order valence-corrected chi connectivity index (χ2v) is 2.60. The van der Waals surface area contributed by atoms with Crippen LogP contribution < -0.4 is 5.32 Å². The summed E-state index contributed by atoms with van der Waals surface area (Å²) in [5.74, 6) is 0.241. The summed E-state index contributed by atoms with van der Waals surface area (Å²) < 4.78 is 1.53. The molecule has 0 aliphatic heterocycles. The summed E-state index contributed by atoms with van der Waals surface area (Å²) in [5, 5.41) is 18.6. The van der Waals surface area contributed by atoms with Gasteiger partial charge in [0.25, 0.3) is 0 Å². The van der Waals surface area contributed by atoms with Crippen molar-refractivity contribution in [1.82, 2.24) is 20.1 Å². The number of aromatic nitrogens is 3. The van der Waals surface area contributed by atoms with E-state index in [-0.39, 0.29) is 12.5 Å². The molecule has 6 heteroatoms. The van der Waals surface area contributed by atoms with Gasteiger partial charge in [0.15, 0.2) is 5.82 Å². The number of hydrogen-bond acceptors (Lipinski definition) is 4. The van der Waals surface area contributed by atoms with Crippen LogP contribution in [0.2, 0.25) is 0 Å². The number of likely N-dealkylation sites (N-methyl/N-ethyl adjacent to an activating group) is 1. The van der Waals surface area contributed by atoms with E-state index in [9.17, 15) is 4.79 Å². The number of carbonyl (C=O) groups is 1. The third-order valence-corrected chi connectivity index (χ3v) is 1.83. The van der Waals surface area contributed by atoms with Gasteiger partial charge in [-0.2, -0.15) is 0 Å². The van der Waals surface area contributed by atoms with Crippen molar-refractivity contribution < 1.29 is 9.90 Å². The molecule has 1 rings (SSSR count). The van der Waals surface area contributed by atoms with Crippen molar-refractivity contribution in [2.45, 2.75) is 19.6 Å². The Kier molecular flexibility index (Phi) is 2.97. The Morgan fingerprint density at radius 2 is 2.54 bits per heavy atom. The molecule has 1 atom stereocenters. The molecule has 0 fully saturated rings. The Morgan fingerprint density at radius 3 is 3.08 bits per heavy atom. The molecule has 1 aromatic rings. The molecule has 0 bridgehead atoms. The van der Waals surface area contributed by atoms with E-state index >= 15 is 0 Å². The smallest absolute Gasteiger partial charge is 0.242 e. The molecule has 0 radical (unpaired) electrons. The Balaban J connectivity index is 2.87. The van der Waals surface area contributed by atoms with Gasteiger partial charge in [-0.15, -0.1) is 10.2 Å². The van der Waals surface area contributed by atoms with Crippen LogP contribution in [0, 0.1) is 0 Å². The number of aliphatic hydroxyl groups is 1. The Hall–Kier alpha value is -1.43. The van der Waals surface area contributed by atoms with E-state index in [0.29, 0.717) is 5.82 Å². The zero-order chi connectivity index (χ0) is 9.84. The van der Waals surface area contributed by atoms with Crippen molar-refractivity contribution in [1.29, 1.82) is 0 Å². The van der Waals surface area contributed by atoms with E-state index < -0.39 is 6.04 Å². The highest BCUT2D eigenvalue weighted by atomic mass is 16.3. The Bertz CT molecular complexity index is 296. The lowest BCUT2D eigenvalue weighted by Gasteiger charge is -2.12. The monoisotopic (exact) mass is 184 g/mol. The van der Waals surface area contributed by atoms with Crippen LogP contribution in [0.25, 0.3) is 0 Å². The second-order valence-electron chi connectivity index (χ2n) is 2.60. The fourth-order valence-electron chi connectivity index (χ4n) is 1.04. The zero-order valence-electron chi connectivity index (χ0n) is 7.56. The quantitative estimate of drug-likeness (QED) is 0.636. The third-order valence-electron chi connectivity index (χ3n) is 1.83. The maximum Gasteiger partial charge on any atom is 0.242 e. The summed E-state index contributed by atoms with van der Waals surface area (Å²) >= 11 is 0. The van der Waals surface area contributed by atoms with Crippen LogP contribution in [0.5, 0.6) is 0 Å². The lowest BCUT2D eigenvalue weighted by molar-refractivity contribution is -0.123. The first-order valence-electron chi connectivity index (χ1n) is 3.91. The lowest BCUT2D eigenvalue weighted by atomic mass is 10.3. The molecule has 1 unspecified atom stereocenters. The van der Waals surface area contributed by atoms with Gasteiger partial charge in [0.05, 0.1) is 0 Å². The predicted octanol–water partition coefficient (Wildman–Crippen LogP) is -0.923. The van der Waals surface area contributed by atoms with Crippen LogP contribution in [0.3, 0.4) is 0 Å². The van der Waals surface area contributed by atoms with E-state index in [1.54, 1.807) is 14.0 Å². The summed E-state index contributed by atoms with van der Waals surface area (Å²) in [6.45, 7) is 1.49. The molecule has 2 N–H and O–H groups in total. The Morgan fingerprint density at radius 1 is 1.85 bits per heavy atom. The number of aliphatic hydroxyl groups excluding tert-OH is 1. The molecule has 1 heterocycles. The molecule has 1 aromatic heterocycles. The number of nitrogens with one attached hydrogen (secondary N) is 1. The van der Waals surface area contributed by atoms with Crippen LogP contribution in [-0.4, -0.2) is 32.8 Å². The fourth-order valence-corrected chi connectivity index (χ4v) is 1.04. The topological polar surface area (TPSA) is 80.0 Å². The van der Waals surface area contributed by atoms with Gasteiger partial charge >= 0.3 is 0 Å². The number of carbonyl (C=O) groups excluding carboxylic acids is 1. The van der Waals surface area contributed by atoms with Crippen molar-refractivity contribution in [2.75, 3.05) is 7.05 Å². The average molecular weight is 184 g/mol. The van der Waals surface area contributed by atoms with Crippen LogP contribution in [0.15, 0.2) is 6.33 Å². The van der Waals surface area contributed by atoms with Crippen LogP contribution in [0.4, 0.5) is 0 Å². The van der Waals surface area contributed by atoms with Gasteiger partial charge in [0, 0.05) is 7.05 Å². The lowest BCUT2D eigenvalue weighted by Crippen LogP contribution is -2.28.